The Morgan fingerprint density at radius 2 is 1.92 bits per heavy atom. The molecule has 70 valence electrons. The second kappa shape index (κ2) is 3.75. The maximum Gasteiger partial charge on any atom is 0.0700 e. The average Bonchev–Trinajstić information content (AvgIpc) is 2.65. The fraction of sp³-hybridized carbons (Fsp3) is 1.00. The second-order valence-electron chi connectivity index (χ2n) is 4.12. The van der Waals surface area contributed by atoms with Gasteiger partial charge in [-0.3, -0.25) is 0 Å². The van der Waals surface area contributed by atoms with E-state index in [1.54, 1.807) is 0 Å². The standard InChI is InChI=1S/C10H19NO/c1-8-10(6-7-12-8)11-9-4-2-3-5-9/h8-11H,2-7H2,1H3. The van der Waals surface area contributed by atoms with Crippen LogP contribution in [0, 0.1) is 0 Å². The summed E-state index contributed by atoms with van der Waals surface area (Å²) >= 11 is 0. The SMILES string of the molecule is CC1OCCC1NC1CCCC1. The Bertz CT molecular complexity index is 143. The molecule has 1 N–H and O–H groups in total. The monoisotopic (exact) mass is 169 g/mol. The van der Waals surface area contributed by atoms with E-state index < -0.39 is 0 Å². The first-order valence-electron chi connectivity index (χ1n) is 5.24. The molecule has 0 radical (unpaired) electrons. The molecule has 2 unspecified atom stereocenters. The van der Waals surface area contributed by atoms with Crippen molar-refractivity contribution in [2.24, 2.45) is 0 Å². The van der Waals surface area contributed by atoms with Crippen LogP contribution in [0.4, 0.5) is 0 Å². The summed E-state index contributed by atoms with van der Waals surface area (Å²) in [4.78, 5) is 0. The van der Waals surface area contributed by atoms with Crippen LogP contribution in [-0.4, -0.2) is 24.8 Å². The first-order valence-corrected chi connectivity index (χ1v) is 5.24. The Hall–Kier alpha value is -0.0800. The Labute approximate surface area is 74.7 Å². The van der Waals surface area contributed by atoms with Crippen molar-refractivity contribution in [1.82, 2.24) is 5.32 Å². The van der Waals surface area contributed by atoms with Crippen LogP contribution in [0.5, 0.6) is 0 Å². The molecule has 2 atom stereocenters. The zero-order valence-corrected chi connectivity index (χ0v) is 7.88. The van der Waals surface area contributed by atoms with E-state index >= 15 is 0 Å². The molecule has 1 aliphatic carbocycles. The van der Waals surface area contributed by atoms with E-state index in [2.05, 4.69) is 12.2 Å². The van der Waals surface area contributed by atoms with Crippen molar-refractivity contribution in [3.8, 4) is 0 Å². The van der Waals surface area contributed by atoms with Crippen molar-refractivity contribution in [2.45, 2.75) is 57.2 Å². The van der Waals surface area contributed by atoms with E-state index in [1.807, 2.05) is 0 Å². The van der Waals surface area contributed by atoms with Crippen LogP contribution in [-0.2, 0) is 4.74 Å². The Balaban J connectivity index is 1.77. The Kier molecular flexibility index (Phi) is 2.66. The molecule has 12 heavy (non-hydrogen) atoms. The van der Waals surface area contributed by atoms with Gasteiger partial charge in [0.2, 0.25) is 0 Å². The summed E-state index contributed by atoms with van der Waals surface area (Å²) in [5.41, 5.74) is 0. The summed E-state index contributed by atoms with van der Waals surface area (Å²) in [6.45, 7) is 3.13. The molecule has 1 saturated heterocycles. The minimum Gasteiger partial charge on any atom is -0.377 e. The van der Waals surface area contributed by atoms with Gasteiger partial charge in [0.15, 0.2) is 0 Å². The number of nitrogens with one attached hydrogen (secondary N) is 1. The van der Waals surface area contributed by atoms with E-state index in [0.29, 0.717) is 12.1 Å². The van der Waals surface area contributed by atoms with Crippen LogP contribution in [0.2, 0.25) is 0 Å². The molecule has 1 heterocycles. The fourth-order valence-electron chi connectivity index (χ4n) is 2.35. The van der Waals surface area contributed by atoms with Gasteiger partial charge in [-0.1, -0.05) is 12.8 Å². The summed E-state index contributed by atoms with van der Waals surface area (Å²) in [5, 5.41) is 3.70. The first-order chi connectivity index (χ1) is 5.86. The number of hydrogen-bond acceptors (Lipinski definition) is 2. The lowest BCUT2D eigenvalue weighted by Crippen LogP contribution is -2.40. The average molecular weight is 169 g/mol. The molecular formula is C10H19NO. The van der Waals surface area contributed by atoms with Gasteiger partial charge in [0.05, 0.1) is 6.10 Å². The van der Waals surface area contributed by atoms with Gasteiger partial charge in [0.1, 0.15) is 0 Å². The number of ether oxygens (including phenoxy) is 1. The van der Waals surface area contributed by atoms with Crippen LogP contribution in [0.15, 0.2) is 0 Å². The molecule has 0 spiro atoms. The Morgan fingerprint density at radius 3 is 2.50 bits per heavy atom. The molecule has 0 aromatic rings. The first kappa shape index (κ1) is 8.52. The molecule has 2 heteroatoms. The van der Waals surface area contributed by atoms with Gasteiger partial charge < -0.3 is 10.1 Å². The summed E-state index contributed by atoms with van der Waals surface area (Å²) in [7, 11) is 0. The predicted octanol–water partition coefficient (Wildman–Crippen LogP) is 1.70. The highest BCUT2D eigenvalue weighted by molar-refractivity contribution is 4.84. The maximum atomic E-state index is 5.51. The molecule has 1 aliphatic heterocycles. The Morgan fingerprint density at radius 1 is 1.17 bits per heavy atom. The van der Waals surface area contributed by atoms with E-state index in [-0.39, 0.29) is 0 Å². The van der Waals surface area contributed by atoms with E-state index in [0.717, 1.165) is 12.6 Å². The van der Waals surface area contributed by atoms with Gasteiger partial charge in [-0.2, -0.15) is 0 Å². The molecule has 2 fully saturated rings. The van der Waals surface area contributed by atoms with E-state index in [1.165, 1.54) is 32.1 Å². The van der Waals surface area contributed by atoms with E-state index in [4.69, 9.17) is 4.74 Å². The minimum atomic E-state index is 0.436. The lowest BCUT2D eigenvalue weighted by atomic mass is 10.1. The lowest BCUT2D eigenvalue weighted by Gasteiger charge is -2.20. The zero-order valence-electron chi connectivity index (χ0n) is 7.88. The predicted molar refractivity (Wildman–Crippen MR) is 49.2 cm³/mol. The van der Waals surface area contributed by atoms with Crippen LogP contribution in [0.3, 0.4) is 0 Å². The van der Waals surface area contributed by atoms with Crippen molar-refractivity contribution in [3.63, 3.8) is 0 Å². The number of hydrogen-bond donors (Lipinski definition) is 1. The highest BCUT2D eigenvalue weighted by atomic mass is 16.5. The summed E-state index contributed by atoms with van der Waals surface area (Å²) in [6.07, 6.45) is 7.23. The molecule has 0 aromatic heterocycles. The molecule has 1 saturated carbocycles. The molecule has 2 rings (SSSR count). The van der Waals surface area contributed by atoms with E-state index in [9.17, 15) is 0 Å². The summed E-state index contributed by atoms with van der Waals surface area (Å²) in [6, 6.07) is 1.42. The van der Waals surface area contributed by atoms with Gasteiger partial charge in [-0.05, 0) is 26.2 Å². The largest absolute Gasteiger partial charge is 0.377 e. The highest BCUT2D eigenvalue weighted by Crippen LogP contribution is 2.21. The topological polar surface area (TPSA) is 21.3 Å². The molecule has 0 amide bonds. The number of rotatable bonds is 2. The zero-order chi connectivity index (χ0) is 8.39. The quantitative estimate of drug-likeness (QED) is 0.679. The molecule has 2 nitrogen and oxygen atoms in total. The summed E-state index contributed by atoms with van der Waals surface area (Å²) in [5.74, 6) is 0. The smallest absolute Gasteiger partial charge is 0.0700 e. The third-order valence-electron chi connectivity index (χ3n) is 3.18. The van der Waals surface area contributed by atoms with Crippen LogP contribution < -0.4 is 5.32 Å². The minimum absolute atomic E-state index is 0.436. The van der Waals surface area contributed by atoms with Crippen molar-refractivity contribution in [1.29, 1.82) is 0 Å². The van der Waals surface area contributed by atoms with Gasteiger partial charge >= 0.3 is 0 Å². The lowest BCUT2D eigenvalue weighted by molar-refractivity contribution is 0.111. The van der Waals surface area contributed by atoms with Crippen LogP contribution in [0.1, 0.15) is 39.0 Å². The van der Waals surface area contributed by atoms with Gasteiger partial charge in [-0.15, -0.1) is 0 Å². The van der Waals surface area contributed by atoms with Crippen molar-refractivity contribution in [2.75, 3.05) is 6.61 Å². The van der Waals surface area contributed by atoms with Crippen LogP contribution in [0.25, 0.3) is 0 Å². The molecule has 0 bridgehead atoms. The molecule has 2 aliphatic rings. The molecular weight excluding hydrogens is 150 g/mol. The molecule has 0 aromatic carbocycles. The van der Waals surface area contributed by atoms with Crippen molar-refractivity contribution in [3.05, 3.63) is 0 Å². The summed E-state index contributed by atoms with van der Waals surface area (Å²) < 4.78 is 5.51. The second-order valence-corrected chi connectivity index (χ2v) is 4.12. The van der Waals surface area contributed by atoms with Gasteiger partial charge in [0, 0.05) is 18.7 Å². The van der Waals surface area contributed by atoms with Crippen LogP contribution >= 0.6 is 0 Å². The van der Waals surface area contributed by atoms with Gasteiger partial charge in [-0.25, -0.2) is 0 Å². The third-order valence-corrected chi connectivity index (χ3v) is 3.18. The third kappa shape index (κ3) is 1.80. The normalized spacial score (nSPS) is 37.8. The van der Waals surface area contributed by atoms with Crippen molar-refractivity contribution < 1.29 is 4.74 Å². The fourth-order valence-corrected chi connectivity index (χ4v) is 2.35. The van der Waals surface area contributed by atoms with Gasteiger partial charge in [0.25, 0.3) is 0 Å². The van der Waals surface area contributed by atoms with Crippen molar-refractivity contribution >= 4 is 0 Å². The maximum absolute atomic E-state index is 5.51. The highest BCUT2D eigenvalue weighted by Gasteiger charge is 2.27.